The summed E-state index contributed by atoms with van der Waals surface area (Å²) in [4.78, 5) is 26.3. The van der Waals surface area contributed by atoms with E-state index in [1.165, 1.54) is 4.90 Å². The number of hydrogen-bond donors (Lipinski definition) is 2. The van der Waals surface area contributed by atoms with Crippen molar-refractivity contribution in [2.45, 2.75) is 12.5 Å². The lowest BCUT2D eigenvalue weighted by Gasteiger charge is -2.24. The van der Waals surface area contributed by atoms with Gasteiger partial charge in [0.25, 0.3) is 5.91 Å². The first kappa shape index (κ1) is 16.4. The smallest absolute Gasteiger partial charge is 0.325 e. The summed E-state index contributed by atoms with van der Waals surface area (Å²) in [5, 5.41) is 13.5. The number of hydrogen-bond acceptors (Lipinski definition) is 4. The Morgan fingerprint density at radius 3 is 2.67 bits per heavy atom. The van der Waals surface area contributed by atoms with Crippen LogP contribution in [0, 0.1) is 0 Å². The number of fused-ring (bicyclic) bond motifs is 1. The van der Waals surface area contributed by atoms with Crippen LogP contribution in [0.2, 0.25) is 0 Å². The lowest BCUT2D eigenvalue weighted by atomic mass is 9.88. The van der Waals surface area contributed by atoms with Gasteiger partial charge in [-0.05, 0) is 23.3 Å². The third-order valence-electron chi connectivity index (χ3n) is 4.30. The maximum atomic E-state index is 12.9. The van der Waals surface area contributed by atoms with Crippen molar-refractivity contribution in [3.8, 4) is 0 Å². The van der Waals surface area contributed by atoms with Crippen LogP contribution in [0.4, 0.5) is 4.79 Å². The van der Waals surface area contributed by atoms with Gasteiger partial charge in [0.15, 0.2) is 0 Å². The SMILES string of the molecule is C[C@@]1(c2cccc3ccccc23)NC(=O)N(CCOCCO)C1=O. The number of aliphatic hydroxyl groups excluding tert-OH is 1. The molecule has 0 aromatic heterocycles. The van der Waals surface area contributed by atoms with Crippen LogP contribution in [0.3, 0.4) is 0 Å². The summed E-state index contributed by atoms with van der Waals surface area (Å²) in [6, 6.07) is 13.1. The number of amides is 3. The van der Waals surface area contributed by atoms with Crippen LogP contribution in [-0.2, 0) is 15.1 Å². The van der Waals surface area contributed by atoms with E-state index in [-0.39, 0.29) is 32.3 Å². The highest BCUT2D eigenvalue weighted by molar-refractivity contribution is 6.09. The number of benzene rings is 2. The quantitative estimate of drug-likeness (QED) is 0.624. The minimum absolute atomic E-state index is 0.0894. The summed E-state index contributed by atoms with van der Waals surface area (Å²) in [6.45, 7) is 2.18. The number of ether oxygens (including phenoxy) is 1. The second kappa shape index (κ2) is 6.59. The molecular weight excluding hydrogens is 308 g/mol. The molecule has 1 aliphatic rings. The molecule has 0 bridgehead atoms. The minimum atomic E-state index is -1.10. The molecule has 2 N–H and O–H groups in total. The molecule has 1 fully saturated rings. The molecule has 0 spiro atoms. The number of rotatable bonds is 6. The third-order valence-corrected chi connectivity index (χ3v) is 4.30. The topological polar surface area (TPSA) is 78.9 Å². The lowest BCUT2D eigenvalue weighted by molar-refractivity contribution is -0.131. The summed E-state index contributed by atoms with van der Waals surface area (Å²) in [5.41, 5.74) is -0.327. The van der Waals surface area contributed by atoms with Crippen LogP contribution >= 0.6 is 0 Å². The predicted molar refractivity (Wildman–Crippen MR) is 89.4 cm³/mol. The van der Waals surface area contributed by atoms with Gasteiger partial charge >= 0.3 is 6.03 Å². The number of urea groups is 1. The molecule has 0 aliphatic carbocycles. The molecule has 1 aliphatic heterocycles. The number of imide groups is 1. The number of nitrogens with zero attached hydrogens (tertiary/aromatic N) is 1. The fourth-order valence-electron chi connectivity index (χ4n) is 3.07. The summed E-state index contributed by atoms with van der Waals surface area (Å²) in [7, 11) is 0. The molecule has 0 saturated carbocycles. The Kier molecular flexibility index (Phi) is 4.51. The van der Waals surface area contributed by atoms with Gasteiger partial charge in [-0.1, -0.05) is 42.5 Å². The maximum absolute atomic E-state index is 12.9. The van der Waals surface area contributed by atoms with Gasteiger partial charge < -0.3 is 15.2 Å². The van der Waals surface area contributed by atoms with Crippen molar-refractivity contribution in [2.24, 2.45) is 0 Å². The summed E-state index contributed by atoms with van der Waals surface area (Å²) in [5.74, 6) is -0.295. The number of carbonyl (C=O) groups is 2. The van der Waals surface area contributed by atoms with Gasteiger partial charge in [-0.2, -0.15) is 0 Å². The van der Waals surface area contributed by atoms with Crippen molar-refractivity contribution in [2.75, 3.05) is 26.4 Å². The lowest BCUT2D eigenvalue weighted by Crippen LogP contribution is -2.41. The van der Waals surface area contributed by atoms with Gasteiger partial charge in [0.2, 0.25) is 0 Å². The van der Waals surface area contributed by atoms with Crippen LogP contribution < -0.4 is 5.32 Å². The van der Waals surface area contributed by atoms with Crippen molar-refractivity contribution in [1.29, 1.82) is 0 Å². The van der Waals surface area contributed by atoms with Crippen molar-refractivity contribution >= 4 is 22.7 Å². The van der Waals surface area contributed by atoms with Crippen LogP contribution in [0.25, 0.3) is 10.8 Å². The average molecular weight is 328 g/mol. The van der Waals surface area contributed by atoms with Gasteiger partial charge in [0.1, 0.15) is 5.54 Å². The van der Waals surface area contributed by atoms with E-state index >= 15 is 0 Å². The molecular formula is C18H20N2O4. The second-order valence-electron chi connectivity index (χ2n) is 5.87. The minimum Gasteiger partial charge on any atom is -0.394 e. The van der Waals surface area contributed by atoms with E-state index < -0.39 is 11.6 Å². The zero-order chi connectivity index (χ0) is 17.2. The molecule has 1 saturated heterocycles. The standard InChI is InChI=1S/C18H20N2O4/c1-18(15-8-4-6-13-5-2-3-7-14(13)15)16(22)20(17(23)19-18)9-11-24-12-10-21/h2-8,21H,9-12H2,1H3,(H,19,23)/t18-/m0/s1. The second-order valence-corrected chi connectivity index (χ2v) is 5.87. The first-order valence-electron chi connectivity index (χ1n) is 7.89. The highest BCUT2D eigenvalue weighted by Gasteiger charge is 2.49. The molecule has 0 radical (unpaired) electrons. The molecule has 1 heterocycles. The molecule has 6 heteroatoms. The Balaban J connectivity index is 1.90. The Labute approximate surface area is 140 Å². The molecule has 126 valence electrons. The Hall–Kier alpha value is -2.44. The van der Waals surface area contributed by atoms with E-state index in [9.17, 15) is 9.59 Å². The first-order chi connectivity index (χ1) is 11.6. The van der Waals surface area contributed by atoms with Gasteiger partial charge in [-0.15, -0.1) is 0 Å². The number of aliphatic hydroxyl groups is 1. The van der Waals surface area contributed by atoms with E-state index in [2.05, 4.69) is 5.32 Å². The van der Waals surface area contributed by atoms with E-state index in [1.807, 2.05) is 42.5 Å². The highest BCUT2D eigenvalue weighted by Crippen LogP contribution is 2.33. The van der Waals surface area contributed by atoms with Crippen molar-refractivity contribution < 1.29 is 19.4 Å². The zero-order valence-electron chi connectivity index (χ0n) is 13.5. The van der Waals surface area contributed by atoms with Crippen molar-refractivity contribution in [3.63, 3.8) is 0 Å². The number of nitrogens with one attached hydrogen (secondary N) is 1. The molecule has 24 heavy (non-hydrogen) atoms. The molecule has 3 amide bonds. The third kappa shape index (κ3) is 2.74. The van der Waals surface area contributed by atoms with Crippen LogP contribution in [0.5, 0.6) is 0 Å². The first-order valence-corrected chi connectivity index (χ1v) is 7.89. The summed E-state index contributed by atoms with van der Waals surface area (Å²) < 4.78 is 5.16. The van der Waals surface area contributed by atoms with Gasteiger partial charge in [-0.25, -0.2) is 4.79 Å². The molecule has 0 unspecified atom stereocenters. The number of carbonyl (C=O) groups excluding carboxylic acids is 2. The zero-order valence-corrected chi connectivity index (χ0v) is 13.5. The van der Waals surface area contributed by atoms with Crippen molar-refractivity contribution in [3.05, 3.63) is 48.0 Å². The van der Waals surface area contributed by atoms with Crippen LogP contribution in [-0.4, -0.2) is 48.3 Å². The van der Waals surface area contributed by atoms with E-state index in [0.29, 0.717) is 0 Å². The van der Waals surface area contributed by atoms with E-state index in [4.69, 9.17) is 9.84 Å². The van der Waals surface area contributed by atoms with Crippen molar-refractivity contribution in [1.82, 2.24) is 10.2 Å². The summed E-state index contributed by atoms with van der Waals surface area (Å²) >= 11 is 0. The maximum Gasteiger partial charge on any atom is 0.325 e. The van der Waals surface area contributed by atoms with Gasteiger partial charge in [0.05, 0.1) is 26.4 Å². The predicted octanol–water partition coefficient (Wildman–Crippen LogP) is 1.62. The molecule has 2 aromatic carbocycles. The monoisotopic (exact) mass is 328 g/mol. The Morgan fingerprint density at radius 2 is 1.88 bits per heavy atom. The Bertz CT molecular complexity index is 771. The largest absolute Gasteiger partial charge is 0.394 e. The van der Waals surface area contributed by atoms with Gasteiger partial charge in [0, 0.05) is 0 Å². The molecule has 1 atom stereocenters. The fourth-order valence-corrected chi connectivity index (χ4v) is 3.07. The van der Waals surface area contributed by atoms with Crippen LogP contribution in [0.15, 0.2) is 42.5 Å². The van der Waals surface area contributed by atoms with E-state index in [0.717, 1.165) is 16.3 Å². The molecule has 2 aromatic rings. The summed E-state index contributed by atoms with van der Waals surface area (Å²) in [6.07, 6.45) is 0. The Morgan fingerprint density at radius 1 is 1.12 bits per heavy atom. The normalized spacial score (nSPS) is 20.7. The average Bonchev–Trinajstić information content (AvgIpc) is 2.81. The molecule has 3 rings (SSSR count). The van der Waals surface area contributed by atoms with Gasteiger partial charge in [-0.3, -0.25) is 9.69 Å². The highest BCUT2D eigenvalue weighted by atomic mass is 16.5. The van der Waals surface area contributed by atoms with Crippen LogP contribution in [0.1, 0.15) is 12.5 Å². The van der Waals surface area contributed by atoms with E-state index in [1.54, 1.807) is 6.92 Å². The molecule has 6 nitrogen and oxygen atoms in total. The fraction of sp³-hybridized carbons (Fsp3) is 0.333.